The highest BCUT2D eigenvalue weighted by atomic mass is 16.6. The number of ether oxygens (including phenoxy) is 2. The molecule has 165 valence electrons. The SMILES string of the molecule is CCN1C(=O)OCc2cnc(N[C@@H](C)c3ccc(OCC4=CCN([B]C=O)C4)cc3)nc21. The number of rotatable bonds is 9. The zero-order chi connectivity index (χ0) is 22.5. The molecule has 1 radical (unpaired) electrons. The lowest BCUT2D eigenvalue weighted by Crippen LogP contribution is -2.36. The van der Waals surface area contributed by atoms with E-state index < -0.39 is 6.09 Å². The zero-order valence-electron chi connectivity index (χ0n) is 18.2. The normalized spacial score (nSPS) is 16.6. The van der Waals surface area contributed by atoms with Crippen molar-refractivity contribution in [1.82, 2.24) is 14.8 Å². The van der Waals surface area contributed by atoms with Crippen molar-refractivity contribution in [3.63, 3.8) is 0 Å². The van der Waals surface area contributed by atoms with Crippen LogP contribution in [0.3, 0.4) is 0 Å². The summed E-state index contributed by atoms with van der Waals surface area (Å²) in [5.74, 6) is 1.82. The predicted octanol–water partition coefficient (Wildman–Crippen LogP) is 2.56. The molecule has 1 N–H and O–H groups in total. The molecule has 1 aromatic heterocycles. The van der Waals surface area contributed by atoms with E-state index in [9.17, 15) is 9.59 Å². The van der Waals surface area contributed by atoms with Gasteiger partial charge in [-0.25, -0.2) is 9.78 Å². The van der Waals surface area contributed by atoms with Gasteiger partial charge in [0.15, 0.2) is 0 Å². The van der Waals surface area contributed by atoms with E-state index in [4.69, 9.17) is 9.47 Å². The van der Waals surface area contributed by atoms with Gasteiger partial charge in [0.05, 0.1) is 17.8 Å². The van der Waals surface area contributed by atoms with E-state index in [-0.39, 0.29) is 12.6 Å². The van der Waals surface area contributed by atoms with E-state index in [1.807, 2.05) is 42.9 Å². The minimum atomic E-state index is -0.392. The molecule has 10 heteroatoms. The van der Waals surface area contributed by atoms with Crippen LogP contribution in [-0.2, 0) is 16.1 Å². The van der Waals surface area contributed by atoms with Crippen LogP contribution in [0, 0.1) is 0 Å². The van der Waals surface area contributed by atoms with Gasteiger partial charge < -0.3 is 24.4 Å². The lowest BCUT2D eigenvalue weighted by atomic mass is 9.95. The lowest BCUT2D eigenvalue weighted by Gasteiger charge is -2.27. The number of carbonyl (C=O) groups is 2. The standard InChI is InChI=1S/C22H25BN5O4/c1-3-28-20-18(13-32-22(28)30)10-24-21(26-20)25-15(2)17-4-6-19(7-5-17)31-12-16-8-9-27(11-16)23-14-29/h4-8,10,14-15H,3,9,11-13H2,1-2H3,(H,24,25,26)/t15-/m0/s1. The van der Waals surface area contributed by atoms with Gasteiger partial charge in [0.1, 0.15) is 24.8 Å². The zero-order valence-corrected chi connectivity index (χ0v) is 18.2. The van der Waals surface area contributed by atoms with E-state index in [0.29, 0.717) is 31.5 Å². The summed E-state index contributed by atoms with van der Waals surface area (Å²) in [7, 11) is 1.55. The minimum Gasteiger partial charge on any atom is -0.489 e. The molecule has 0 saturated carbocycles. The fourth-order valence-electron chi connectivity index (χ4n) is 3.63. The van der Waals surface area contributed by atoms with Gasteiger partial charge in [-0.1, -0.05) is 18.2 Å². The molecule has 1 aromatic carbocycles. The summed E-state index contributed by atoms with van der Waals surface area (Å²) in [6.07, 6.45) is 4.18. The van der Waals surface area contributed by atoms with Crippen LogP contribution in [0.1, 0.15) is 31.0 Å². The Hall–Kier alpha value is -3.40. The van der Waals surface area contributed by atoms with Crippen LogP contribution in [0.15, 0.2) is 42.1 Å². The highest BCUT2D eigenvalue weighted by Crippen LogP contribution is 2.27. The van der Waals surface area contributed by atoms with Gasteiger partial charge in [-0.2, -0.15) is 4.98 Å². The van der Waals surface area contributed by atoms with Crippen LogP contribution in [0.2, 0.25) is 0 Å². The fraction of sp³-hybridized carbons (Fsp3) is 0.364. The maximum Gasteiger partial charge on any atom is 0.415 e. The molecule has 9 nitrogen and oxygen atoms in total. The van der Waals surface area contributed by atoms with Gasteiger partial charge in [-0.05, 0) is 37.1 Å². The van der Waals surface area contributed by atoms with Crippen molar-refractivity contribution in [1.29, 1.82) is 0 Å². The van der Waals surface area contributed by atoms with Crippen LogP contribution >= 0.6 is 0 Å². The topological polar surface area (TPSA) is 96.9 Å². The molecule has 2 aromatic rings. The molecule has 2 aliphatic heterocycles. The Morgan fingerprint density at radius 2 is 2.16 bits per heavy atom. The van der Waals surface area contributed by atoms with Crippen LogP contribution in [0.4, 0.5) is 16.6 Å². The fourth-order valence-corrected chi connectivity index (χ4v) is 3.63. The first kappa shape index (κ1) is 21.8. The van der Waals surface area contributed by atoms with E-state index in [1.54, 1.807) is 13.6 Å². The van der Waals surface area contributed by atoms with Gasteiger partial charge in [0, 0.05) is 25.8 Å². The molecule has 1 atom stereocenters. The molecule has 0 fully saturated rings. The number of nitrogens with one attached hydrogen (secondary N) is 1. The van der Waals surface area contributed by atoms with Crippen molar-refractivity contribution in [2.45, 2.75) is 26.5 Å². The number of hydrogen-bond acceptors (Lipinski definition) is 8. The Morgan fingerprint density at radius 3 is 2.91 bits per heavy atom. The number of anilines is 2. The highest BCUT2D eigenvalue weighted by molar-refractivity contribution is 6.64. The summed E-state index contributed by atoms with van der Waals surface area (Å²) in [4.78, 5) is 34.9. The monoisotopic (exact) mass is 434 g/mol. The summed E-state index contributed by atoms with van der Waals surface area (Å²) in [6.45, 7) is 6.51. The first-order valence-corrected chi connectivity index (χ1v) is 10.6. The average Bonchev–Trinajstić information content (AvgIpc) is 3.25. The molecule has 2 aliphatic rings. The van der Waals surface area contributed by atoms with E-state index >= 15 is 0 Å². The Bertz CT molecular complexity index is 1010. The van der Waals surface area contributed by atoms with Crippen LogP contribution < -0.4 is 15.0 Å². The minimum absolute atomic E-state index is 0.0438. The molecular formula is C22H25BN5O4. The third-order valence-electron chi connectivity index (χ3n) is 5.43. The summed E-state index contributed by atoms with van der Waals surface area (Å²) < 4.78 is 11.0. The van der Waals surface area contributed by atoms with Crippen molar-refractivity contribution >= 4 is 31.5 Å². The Labute approximate surface area is 187 Å². The molecule has 0 bridgehead atoms. The molecule has 32 heavy (non-hydrogen) atoms. The van der Waals surface area contributed by atoms with Crippen molar-refractivity contribution in [3.8, 4) is 5.75 Å². The van der Waals surface area contributed by atoms with Gasteiger partial charge in [-0.3, -0.25) is 4.90 Å². The second-order valence-corrected chi connectivity index (χ2v) is 7.64. The largest absolute Gasteiger partial charge is 0.489 e. The quantitative estimate of drug-likeness (QED) is 0.366. The summed E-state index contributed by atoms with van der Waals surface area (Å²) in [5.41, 5.74) is 2.99. The molecule has 0 saturated heterocycles. The van der Waals surface area contributed by atoms with Crippen molar-refractivity contribution in [3.05, 3.63) is 53.2 Å². The van der Waals surface area contributed by atoms with Gasteiger partial charge in [0.25, 0.3) is 7.41 Å². The lowest BCUT2D eigenvalue weighted by molar-refractivity contribution is 0.141. The van der Waals surface area contributed by atoms with E-state index in [2.05, 4.69) is 21.4 Å². The smallest absolute Gasteiger partial charge is 0.415 e. The van der Waals surface area contributed by atoms with Crippen molar-refractivity contribution < 1.29 is 19.1 Å². The predicted molar refractivity (Wildman–Crippen MR) is 121 cm³/mol. The summed E-state index contributed by atoms with van der Waals surface area (Å²) in [5, 5.41) is 3.29. The van der Waals surface area contributed by atoms with Crippen LogP contribution in [0.5, 0.6) is 5.75 Å². The Balaban J connectivity index is 1.34. The number of amides is 1. The third-order valence-corrected chi connectivity index (χ3v) is 5.43. The summed E-state index contributed by atoms with van der Waals surface area (Å²) >= 11 is 0. The second-order valence-electron chi connectivity index (χ2n) is 7.64. The van der Waals surface area contributed by atoms with Gasteiger partial charge in [-0.15, -0.1) is 0 Å². The number of fused-ring (bicyclic) bond motifs is 1. The highest BCUT2D eigenvalue weighted by Gasteiger charge is 2.26. The average molecular weight is 434 g/mol. The number of benzene rings is 1. The van der Waals surface area contributed by atoms with Crippen LogP contribution in [-0.4, -0.2) is 60.7 Å². The first-order chi connectivity index (χ1) is 15.6. The third kappa shape index (κ3) is 4.91. The van der Waals surface area contributed by atoms with Crippen LogP contribution in [0.25, 0.3) is 0 Å². The number of nitrogens with zero attached hydrogens (tertiary/aromatic N) is 4. The molecule has 4 rings (SSSR count). The van der Waals surface area contributed by atoms with E-state index in [0.717, 1.165) is 35.2 Å². The van der Waals surface area contributed by atoms with Crippen molar-refractivity contribution in [2.24, 2.45) is 0 Å². The van der Waals surface area contributed by atoms with Gasteiger partial charge in [0.2, 0.25) is 5.95 Å². The number of cyclic esters (lactones) is 1. The number of hydrogen-bond donors (Lipinski definition) is 1. The molecule has 3 heterocycles. The maximum atomic E-state index is 11.9. The molecule has 1 amide bonds. The maximum absolute atomic E-state index is 11.9. The van der Waals surface area contributed by atoms with E-state index in [1.165, 1.54) is 4.90 Å². The van der Waals surface area contributed by atoms with Crippen molar-refractivity contribution in [2.75, 3.05) is 36.5 Å². The van der Waals surface area contributed by atoms with Gasteiger partial charge >= 0.3 is 6.09 Å². The first-order valence-electron chi connectivity index (χ1n) is 10.6. The number of carbonyl (C=O) groups excluding carboxylic acids is 2. The Kier molecular flexibility index (Phi) is 6.70. The summed E-state index contributed by atoms with van der Waals surface area (Å²) in [6, 6.07) is 7.81. The molecule has 0 spiro atoms. The molecule has 0 aliphatic carbocycles. The second kappa shape index (κ2) is 9.82. The molecular weight excluding hydrogens is 409 g/mol. The number of aromatic nitrogens is 2. The molecule has 0 unspecified atom stereocenters. The Morgan fingerprint density at radius 1 is 1.34 bits per heavy atom.